The number of hydrogen-bond donors (Lipinski definition) is 1. The molecule has 11 heavy (non-hydrogen) atoms. The van der Waals surface area contributed by atoms with Crippen LogP contribution >= 0.6 is 0 Å². The van der Waals surface area contributed by atoms with Crippen LogP contribution in [0.1, 0.15) is 0 Å². The van der Waals surface area contributed by atoms with E-state index in [0.29, 0.717) is 6.29 Å². The van der Waals surface area contributed by atoms with Crippen LogP contribution in [0.4, 0.5) is 0 Å². The summed E-state index contributed by atoms with van der Waals surface area (Å²) < 4.78 is 0. The van der Waals surface area contributed by atoms with Crippen LogP contribution < -0.4 is 0 Å². The molecule has 3 nitrogen and oxygen atoms in total. The normalized spacial score (nSPS) is 7.64. The molecule has 1 N–H and O–H groups in total. The zero-order valence-corrected chi connectivity index (χ0v) is 6.06. The van der Waals surface area contributed by atoms with Crippen LogP contribution in [-0.2, 0) is 9.59 Å². The molecule has 3 heteroatoms. The molecule has 0 unspecified atom stereocenters. The maximum atomic E-state index is 9.51. The zero-order chi connectivity index (χ0) is 9.11. The number of rotatable bonds is 3. The summed E-state index contributed by atoms with van der Waals surface area (Å²) in [4.78, 5) is 18.9. The predicted molar refractivity (Wildman–Crippen MR) is 43.2 cm³/mol. The topological polar surface area (TPSA) is 54.4 Å². The van der Waals surface area contributed by atoms with Crippen molar-refractivity contribution in [2.45, 2.75) is 0 Å². The van der Waals surface area contributed by atoms with Crippen molar-refractivity contribution < 1.29 is 14.7 Å². The van der Waals surface area contributed by atoms with Crippen molar-refractivity contribution in [2.24, 2.45) is 0 Å². The van der Waals surface area contributed by atoms with Crippen LogP contribution in [0.3, 0.4) is 0 Å². The van der Waals surface area contributed by atoms with Crippen molar-refractivity contribution in [1.82, 2.24) is 0 Å². The van der Waals surface area contributed by atoms with E-state index in [1.54, 1.807) is 12.2 Å². The van der Waals surface area contributed by atoms with Crippen molar-refractivity contribution >= 4 is 12.3 Å². The molecule has 0 spiro atoms. The fourth-order valence-corrected chi connectivity index (χ4v) is 0.122. The van der Waals surface area contributed by atoms with Gasteiger partial charge < -0.3 is 5.11 Å². The second-order valence-electron chi connectivity index (χ2n) is 1.30. The molecule has 0 aliphatic carbocycles. The number of aliphatic carboxylic acids is 1. The van der Waals surface area contributed by atoms with E-state index in [1.807, 2.05) is 0 Å². The molecule has 0 saturated heterocycles. The quantitative estimate of drug-likeness (QED) is 0.377. The molecule has 0 amide bonds. The number of carbonyl (C=O) groups excluding carboxylic acids is 1. The first-order valence-electron chi connectivity index (χ1n) is 2.77. The third-order valence-electron chi connectivity index (χ3n) is 0.484. The number of carbonyl (C=O) groups is 2. The van der Waals surface area contributed by atoms with E-state index in [0.717, 1.165) is 12.2 Å². The highest BCUT2D eigenvalue weighted by molar-refractivity contribution is 5.84. The molecule has 0 aliphatic heterocycles. The van der Waals surface area contributed by atoms with Crippen molar-refractivity contribution in [1.29, 1.82) is 0 Å². The minimum Gasteiger partial charge on any atom is -0.478 e. The van der Waals surface area contributed by atoms with Gasteiger partial charge in [-0.3, -0.25) is 4.79 Å². The molecule has 0 aromatic rings. The second-order valence-corrected chi connectivity index (χ2v) is 1.30. The highest BCUT2D eigenvalue weighted by Crippen LogP contribution is 1.64. The summed E-state index contributed by atoms with van der Waals surface area (Å²) >= 11 is 0. The fraction of sp³-hybridized carbons (Fsp3) is 0. The molecule has 0 heterocycles. The Hall–Kier alpha value is -1.64. The van der Waals surface area contributed by atoms with E-state index in [2.05, 4.69) is 13.2 Å². The summed E-state index contributed by atoms with van der Waals surface area (Å²) in [6.45, 7) is 6.72. The Balaban J connectivity index is 0. The van der Waals surface area contributed by atoms with Gasteiger partial charge in [0.15, 0.2) is 0 Å². The Morgan fingerprint density at radius 2 is 1.73 bits per heavy atom. The van der Waals surface area contributed by atoms with Gasteiger partial charge in [0, 0.05) is 6.08 Å². The van der Waals surface area contributed by atoms with E-state index < -0.39 is 5.97 Å². The van der Waals surface area contributed by atoms with Crippen molar-refractivity contribution in [3.8, 4) is 0 Å². The highest BCUT2D eigenvalue weighted by Gasteiger charge is 1.79. The standard InChI is InChI=1S/C4H4O3.C4H6/c5-3-1-2-4(6)7;1-3-4-2/h1-3H,(H,6,7);3-4H,1-2H2/b2-1-;. The molecule has 0 aliphatic rings. The van der Waals surface area contributed by atoms with Gasteiger partial charge in [0.05, 0.1) is 0 Å². The number of aldehydes is 1. The monoisotopic (exact) mass is 154 g/mol. The Labute approximate surface area is 65.3 Å². The van der Waals surface area contributed by atoms with Crippen LogP contribution in [-0.4, -0.2) is 17.4 Å². The van der Waals surface area contributed by atoms with Gasteiger partial charge in [-0.2, -0.15) is 0 Å². The molecule has 0 rings (SSSR count). The van der Waals surface area contributed by atoms with Gasteiger partial charge in [0.2, 0.25) is 0 Å². The average molecular weight is 154 g/mol. The minimum absolute atomic E-state index is 0.411. The molecule has 0 fully saturated rings. The van der Waals surface area contributed by atoms with Crippen LogP contribution in [0.5, 0.6) is 0 Å². The minimum atomic E-state index is -1.10. The van der Waals surface area contributed by atoms with Crippen LogP contribution in [0.25, 0.3) is 0 Å². The zero-order valence-electron chi connectivity index (χ0n) is 6.06. The van der Waals surface area contributed by atoms with Crippen molar-refractivity contribution in [2.75, 3.05) is 0 Å². The molecule has 0 saturated carbocycles. The van der Waals surface area contributed by atoms with Gasteiger partial charge in [-0.1, -0.05) is 25.3 Å². The molecule has 0 atom stereocenters. The van der Waals surface area contributed by atoms with E-state index in [-0.39, 0.29) is 0 Å². The fourth-order valence-electron chi connectivity index (χ4n) is 0.122. The predicted octanol–water partition coefficient (Wildman–Crippen LogP) is 1.18. The number of carboxylic acid groups (broad SMARTS) is 1. The summed E-state index contributed by atoms with van der Waals surface area (Å²) in [5.74, 6) is -1.10. The van der Waals surface area contributed by atoms with Crippen molar-refractivity contribution in [3.63, 3.8) is 0 Å². The maximum absolute atomic E-state index is 9.51. The van der Waals surface area contributed by atoms with E-state index in [9.17, 15) is 9.59 Å². The first kappa shape index (κ1) is 12.1. The van der Waals surface area contributed by atoms with Crippen LogP contribution in [0, 0.1) is 0 Å². The molecular formula is C8H10O3. The Bertz CT molecular complexity index is 162. The lowest BCUT2D eigenvalue weighted by Crippen LogP contribution is -1.84. The first-order chi connectivity index (χ1) is 5.18. The Morgan fingerprint density at radius 3 is 1.82 bits per heavy atom. The van der Waals surface area contributed by atoms with Crippen LogP contribution in [0.15, 0.2) is 37.5 Å². The molecule has 0 bridgehead atoms. The van der Waals surface area contributed by atoms with Gasteiger partial charge in [-0.25, -0.2) is 4.79 Å². The lowest BCUT2D eigenvalue weighted by molar-refractivity contribution is -0.131. The number of allylic oxidation sites excluding steroid dienone is 3. The van der Waals surface area contributed by atoms with Gasteiger partial charge in [0.1, 0.15) is 6.29 Å². The first-order valence-corrected chi connectivity index (χ1v) is 2.77. The van der Waals surface area contributed by atoms with Crippen molar-refractivity contribution in [3.05, 3.63) is 37.5 Å². The summed E-state index contributed by atoms with van der Waals surface area (Å²) in [6.07, 6.45) is 5.38. The van der Waals surface area contributed by atoms with E-state index >= 15 is 0 Å². The maximum Gasteiger partial charge on any atom is 0.328 e. The van der Waals surface area contributed by atoms with E-state index in [4.69, 9.17) is 5.11 Å². The smallest absolute Gasteiger partial charge is 0.328 e. The third kappa shape index (κ3) is 30.0. The lowest BCUT2D eigenvalue weighted by atomic mass is 10.5. The third-order valence-corrected chi connectivity index (χ3v) is 0.484. The van der Waals surface area contributed by atoms with Gasteiger partial charge in [0.25, 0.3) is 0 Å². The summed E-state index contributed by atoms with van der Waals surface area (Å²) in [6, 6.07) is 0. The SMILES string of the molecule is C=CC=C.O=C/C=C\C(=O)O. The van der Waals surface area contributed by atoms with Gasteiger partial charge >= 0.3 is 5.97 Å². The lowest BCUT2D eigenvalue weighted by Gasteiger charge is -1.68. The highest BCUT2D eigenvalue weighted by atomic mass is 16.4. The second kappa shape index (κ2) is 11.2. The summed E-state index contributed by atoms with van der Waals surface area (Å²) in [5, 5.41) is 7.80. The molecule has 0 radical (unpaired) electrons. The summed E-state index contributed by atoms with van der Waals surface area (Å²) in [7, 11) is 0. The number of carboxylic acids is 1. The van der Waals surface area contributed by atoms with E-state index in [1.165, 1.54) is 0 Å². The average Bonchev–Trinajstić information content (AvgIpc) is 2.01. The van der Waals surface area contributed by atoms with Crippen LogP contribution in [0.2, 0.25) is 0 Å². The van der Waals surface area contributed by atoms with Gasteiger partial charge in [-0.15, -0.1) is 0 Å². The Kier molecular flexibility index (Phi) is 12.3. The Morgan fingerprint density at radius 1 is 1.27 bits per heavy atom. The molecule has 0 aromatic heterocycles. The largest absolute Gasteiger partial charge is 0.478 e. The van der Waals surface area contributed by atoms with Gasteiger partial charge in [-0.05, 0) is 6.08 Å². The molecular weight excluding hydrogens is 144 g/mol. The summed E-state index contributed by atoms with van der Waals surface area (Å²) in [5.41, 5.74) is 0. The molecule has 60 valence electrons. The molecule has 0 aromatic carbocycles. The number of hydrogen-bond acceptors (Lipinski definition) is 2.